The van der Waals surface area contributed by atoms with Crippen molar-refractivity contribution in [3.63, 3.8) is 0 Å². The number of rotatable bonds is 1. The Bertz CT molecular complexity index is 702. The zero-order valence-electron chi connectivity index (χ0n) is 11.1. The van der Waals surface area contributed by atoms with Gasteiger partial charge in [-0.15, -0.1) is 0 Å². The maximum absolute atomic E-state index is 12.4. The third-order valence-electron chi connectivity index (χ3n) is 4.16. The van der Waals surface area contributed by atoms with Crippen LogP contribution in [-0.2, 0) is 5.54 Å². The molecule has 0 N–H and O–H groups in total. The van der Waals surface area contributed by atoms with E-state index in [0.717, 1.165) is 36.6 Å². The summed E-state index contributed by atoms with van der Waals surface area (Å²) >= 11 is 5.91. The first kappa shape index (κ1) is 12.6. The lowest BCUT2D eigenvalue weighted by Gasteiger charge is -2.28. The van der Waals surface area contributed by atoms with E-state index in [1.807, 2.05) is 11.5 Å². The van der Waals surface area contributed by atoms with Crippen LogP contribution < -0.4 is 5.56 Å². The molecule has 0 atom stereocenters. The van der Waals surface area contributed by atoms with Crippen molar-refractivity contribution in [2.75, 3.05) is 0 Å². The number of halogens is 1. The second-order valence-electron chi connectivity index (χ2n) is 5.58. The van der Waals surface area contributed by atoms with Gasteiger partial charge in [-0.1, -0.05) is 12.8 Å². The van der Waals surface area contributed by atoms with Crippen molar-refractivity contribution in [3.05, 3.63) is 33.5 Å². The first-order valence-corrected chi connectivity index (χ1v) is 6.94. The molecule has 0 amide bonds. The van der Waals surface area contributed by atoms with E-state index in [9.17, 15) is 4.79 Å². The predicted molar refractivity (Wildman–Crippen MR) is 75.7 cm³/mol. The molecule has 0 radical (unpaired) electrons. The summed E-state index contributed by atoms with van der Waals surface area (Å²) in [5.41, 5.74) is 1.41. The minimum absolute atomic E-state index is 0.00386. The molecule has 1 saturated carbocycles. The fourth-order valence-electron chi connectivity index (χ4n) is 3.11. The number of aromatic nitrogens is 3. The Labute approximate surface area is 116 Å². The smallest absolute Gasteiger partial charge is 0.252 e. The molecule has 19 heavy (non-hydrogen) atoms. The van der Waals surface area contributed by atoms with Crippen LogP contribution in [0.25, 0.3) is 11.0 Å². The Morgan fingerprint density at radius 1 is 1.37 bits per heavy atom. The van der Waals surface area contributed by atoms with Gasteiger partial charge in [0.25, 0.3) is 5.56 Å². The second-order valence-corrected chi connectivity index (χ2v) is 5.92. The minimum atomic E-state index is -0.152. The third-order valence-corrected chi connectivity index (χ3v) is 4.34. The van der Waals surface area contributed by atoms with Gasteiger partial charge in [0.15, 0.2) is 0 Å². The number of nitrogens with zero attached hydrogens (tertiary/aromatic N) is 3. The second kappa shape index (κ2) is 4.30. The molecule has 0 aliphatic heterocycles. The average Bonchev–Trinajstić information content (AvgIpc) is 2.76. The number of hydrogen-bond acceptors (Lipinski definition) is 3. The summed E-state index contributed by atoms with van der Waals surface area (Å²) in [6.07, 6.45) is 6.02. The largest absolute Gasteiger partial charge is 0.287 e. The molecule has 4 nitrogen and oxygen atoms in total. The van der Waals surface area contributed by atoms with Gasteiger partial charge in [0.2, 0.25) is 5.28 Å². The lowest BCUT2D eigenvalue weighted by atomic mass is 9.99. The molecule has 1 fully saturated rings. The van der Waals surface area contributed by atoms with Crippen molar-refractivity contribution in [2.45, 2.75) is 45.1 Å². The van der Waals surface area contributed by atoms with Crippen LogP contribution in [0.1, 0.15) is 38.2 Å². The van der Waals surface area contributed by atoms with Crippen molar-refractivity contribution in [3.8, 4) is 0 Å². The Balaban J connectivity index is 2.40. The lowest BCUT2D eigenvalue weighted by molar-refractivity contribution is 0.328. The van der Waals surface area contributed by atoms with Gasteiger partial charge in [-0.3, -0.25) is 9.36 Å². The van der Waals surface area contributed by atoms with Crippen LogP contribution in [0.4, 0.5) is 0 Å². The first-order valence-electron chi connectivity index (χ1n) is 6.57. The number of pyridine rings is 1. The summed E-state index contributed by atoms with van der Waals surface area (Å²) in [7, 11) is 0. The topological polar surface area (TPSA) is 47.8 Å². The van der Waals surface area contributed by atoms with E-state index in [0.29, 0.717) is 5.65 Å². The molecule has 0 saturated heterocycles. The van der Waals surface area contributed by atoms with E-state index in [2.05, 4.69) is 16.9 Å². The van der Waals surface area contributed by atoms with Crippen molar-refractivity contribution < 1.29 is 0 Å². The van der Waals surface area contributed by atoms with Gasteiger partial charge in [0, 0.05) is 23.2 Å². The Morgan fingerprint density at radius 3 is 2.74 bits per heavy atom. The van der Waals surface area contributed by atoms with E-state index in [1.54, 1.807) is 12.3 Å². The molecule has 100 valence electrons. The van der Waals surface area contributed by atoms with Crippen LogP contribution in [0.15, 0.2) is 17.1 Å². The highest BCUT2D eigenvalue weighted by Crippen LogP contribution is 2.36. The zero-order valence-corrected chi connectivity index (χ0v) is 11.9. The number of aryl methyl sites for hydroxylation is 1. The van der Waals surface area contributed by atoms with E-state index in [1.165, 1.54) is 0 Å². The van der Waals surface area contributed by atoms with E-state index >= 15 is 0 Å². The van der Waals surface area contributed by atoms with Crippen molar-refractivity contribution in [1.82, 2.24) is 14.5 Å². The molecule has 5 heteroatoms. The van der Waals surface area contributed by atoms with Gasteiger partial charge in [-0.05, 0) is 43.9 Å². The summed E-state index contributed by atoms with van der Waals surface area (Å²) in [5.74, 6) is 0. The molecule has 0 aromatic carbocycles. The van der Waals surface area contributed by atoms with Gasteiger partial charge in [-0.2, -0.15) is 4.98 Å². The van der Waals surface area contributed by atoms with Crippen LogP contribution in [0.5, 0.6) is 0 Å². The molecule has 0 spiro atoms. The summed E-state index contributed by atoms with van der Waals surface area (Å²) in [5, 5.41) is 1.09. The van der Waals surface area contributed by atoms with Crippen molar-refractivity contribution in [2.24, 2.45) is 0 Å². The quantitative estimate of drug-likeness (QED) is 0.753. The van der Waals surface area contributed by atoms with Gasteiger partial charge < -0.3 is 0 Å². The van der Waals surface area contributed by atoms with E-state index in [-0.39, 0.29) is 16.4 Å². The normalized spacial score (nSPS) is 18.1. The number of fused-ring (bicyclic) bond motifs is 1. The monoisotopic (exact) mass is 277 g/mol. The Kier molecular flexibility index (Phi) is 2.86. The maximum atomic E-state index is 12.4. The molecule has 3 rings (SSSR count). The van der Waals surface area contributed by atoms with E-state index < -0.39 is 0 Å². The van der Waals surface area contributed by atoms with Gasteiger partial charge in [0.05, 0.1) is 0 Å². The third kappa shape index (κ3) is 1.94. The highest BCUT2D eigenvalue weighted by atomic mass is 35.5. The summed E-state index contributed by atoms with van der Waals surface area (Å²) < 4.78 is 1.82. The zero-order chi connectivity index (χ0) is 13.6. The van der Waals surface area contributed by atoms with Gasteiger partial charge in [0.1, 0.15) is 5.65 Å². The van der Waals surface area contributed by atoms with Crippen LogP contribution in [0.3, 0.4) is 0 Å². The van der Waals surface area contributed by atoms with Crippen molar-refractivity contribution >= 4 is 22.6 Å². The van der Waals surface area contributed by atoms with Crippen molar-refractivity contribution in [1.29, 1.82) is 0 Å². The molecule has 1 aliphatic carbocycles. The Hall–Kier alpha value is -1.42. The standard InChI is InChI=1S/C14H16ClN3O/c1-9-7-11(19)18(14(2)5-3-4-6-14)12-10(9)8-16-13(15)17-12/h7-8H,3-6H2,1-2H3. The fraction of sp³-hybridized carbons (Fsp3) is 0.500. The average molecular weight is 278 g/mol. The van der Waals surface area contributed by atoms with Crippen LogP contribution >= 0.6 is 11.6 Å². The highest BCUT2D eigenvalue weighted by Gasteiger charge is 2.33. The molecular weight excluding hydrogens is 262 g/mol. The fourth-order valence-corrected chi connectivity index (χ4v) is 3.24. The van der Waals surface area contributed by atoms with Crippen LogP contribution in [0, 0.1) is 6.92 Å². The number of hydrogen-bond donors (Lipinski definition) is 0. The molecular formula is C14H16ClN3O. The molecule has 0 unspecified atom stereocenters. The Morgan fingerprint density at radius 2 is 2.05 bits per heavy atom. The lowest BCUT2D eigenvalue weighted by Crippen LogP contribution is -2.37. The first-order chi connectivity index (χ1) is 9.01. The molecule has 2 aromatic heterocycles. The molecule has 2 aromatic rings. The van der Waals surface area contributed by atoms with Gasteiger partial charge >= 0.3 is 0 Å². The van der Waals surface area contributed by atoms with Crippen LogP contribution in [-0.4, -0.2) is 14.5 Å². The maximum Gasteiger partial charge on any atom is 0.252 e. The molecule has 1 aliphatic rings. The van der Waals surface area contributed by atoms with Gasteiger partial charge in [-0.25, -0.2) is 4.98 Å². The van der Waals surface area contributed by atoms with Crippen LogP contribution in [0.2, 0.25) is 5.28 Å². The SMILES string of the molecule is Cc1cc(=O)n(C2(C)CCCC2)c2nc(Cl)ncc12. The molecule has 0 bridgehead atoms. The predicted octanol–water partition coefficient (Wildman–Crippen LogP) is 3.04. The summed E-state index contributed by atoms with van der Waals surface area (Å²) in [6.45, 7) is 4.04. The summed E-state index contributed by atoms with van der Waals surface area (Å²) in [4.78, 5) is 20.7. The highest BCUT2D eigenvalue weighted by molar-refractivity contribution is 6.28. The minimum Gasteiger partial charge on any atom is -0.287 e. The summed E-state index contributed by atoms with van der Waals surface area (Å²) in [6, 6.07) is 1.67. The molecule has 2 heterocycles. The van der Waals surface area contributed by atoms with E-state index in [4.69, 9.17) is 11.6 Å².